The van der Waals surface area contributed by atoms with Gasteiger partial charge in [-0.05, 0) is 75.9 Å². The van der Waals surface area contributed by atoms with Crippen LogP contribution in [0.5, 0.6) is 17.2 Å². The maximum Gasteiger partial charge on any atom is 0.244 e. The van der Waals surface area contributed by atoms with Crippen molar-refractivity contribution in [2.24, 2.45) is 5.10 Å². The molecule has 0 heterocycles. The van der Waals surface area contributed by atoms with Crippen LogP contribution in [0.25, 0.3) is 0 Å². The number of carbonyl (C=O) groups is 1. The molecule has 0 aromatic heterocycles. The van der Waals surface area contributed by atoms with Crippen LogP contribution >= 0.6 is 31.9 Å². The Hall–Kier alpha value is -2.84. The zero-order valence-electron chi connectivity index (χ0n) is 18.3. The van der Waals surface area contributed by atoms with Gasteiger partial charge in [0, 0.05) is 4.47 Å². The van der Waals surface area contributed by atoms with Crippen molar-refractivity contribution >= 4 is 44.0 Å². The summed E-state index contributed by atoms with van der Waals surface area (Å²) < 4.78 is 18.7. The van der Waals surface area contributed by atoms with E-state index in [1.807, 2.05) is 67.6 Å². The van der Waals surface area contributed by atoms with Crippen molar-refractivity contribution in [1.82, 2.24) is 5.43 Å². The summed E-state index contributed by atoms with van der Waals surface area (Å²) in [6.45, 7) is 2.80. The first-order valence-electron chi connectivity index (χ1n) is 10.3. The highest BCUT2D eigenvalue weighted by molar-refractivity contribution is 9.10. The average molecular weight is 576 g/mol. The van der Waals surface area contributed by atoms with E-state index in [1.165, 1.54) is 0 Å². The zero-order chi connectivity index (χ0) is 23.6. The fourth-order valence-corrected chi connectivity index (χ4v) is 3.79. The first-order valence-corrected chi connectivity index (χ1v) is 11.9. The molecule has 0 saturated heterocycles. The smallest absolute Gasteiger partial charge is 0.244 e. The minimum atomic E-state index is -0.213. The Labute approximate surface area is 210 Å². The van der Waals surface area contributed by atoms with E-state index < -0.39 is 0 Å². The Balaban J connectivity index is 1.63. The number of carbonyl (C=O) groups excluding carboxylic acids is 1. The number of rotatable bonds is 10. The zero-order valence-corrected chi connectivity index (χ0v) is 21.5. The van der Waals surface area contributed by atoms with Crippen LogP contribution in [0, 0.1) is 0 Å². The Kier molecular flexibility index (Phi) is 9.33. The first kappa shape index (κ1) is 24.8. The third kappa shape index (κ3) is 7.61. The molecule has 0 unspecified atom stereocenters. The third-order valence-corrected chi connectivity index (χ3v) is 5.67. The lowest BCUT2D eigenvalue weighted by Gasteiger charge is -2.14. The second kappa shape index (κ2) is 12.4. The molecule has 33 heavy (non-hydrogen) atoms. The highest BCUT2D eigenvalue weighted by Crippen LogP contribution is 2.37. The summed E-state index contributed by atoms with van der Waals surface area (Å²) in [5, 5.41) is 4.07. The van der Waals surface area contributed by atoms with E-state index in [-0.39, 0.29) is 12.3 Å². The predicted octanol–water partition coefficient (Wildman–Crippen LogP) is 5.89. The van der Waals surface area contributed by atoms with Gasteiger partial charge in [0.15, 0.2) is 11.5 Å². The van der Waals surface area contributed by atoms with Crippen molar-refractivity contribution in [1.29, 1.82) is 0 Å². The molecule has 3 aromatic rings. The second-order valence-corrected chi connectivity index (χ2v) is 8.77. The number of benzene rings is 3. The van der Waals surface area contributed by atoms with E-state index in [1.54, 1.807) is 13.3 Å². The molecule has 8 heteroatoms. The summed E-state index contributed by atoms with van der Waals surface area (Å²) in [6.07, 6.45) is 1.79. The average Bonchev–Trinajstić information content (AvgIpc) is 2.80. The summed E-state index contributed by atoms with van der Waals surface area (Å²) in [7, 11) is 1.60. The standard InChI is InChI=1S/C25H24Br2N2O4/c1-3-32-23-13-19(12-22(27)25(23)33-16-18-4-8-20(26)9-5-18)15-28-29-24(30)14-17-6-10-21(31-2)11-7-17/h4-13,15H,3,14,16H2,1-2H3,(H,29,30)/b28-15-. The highest BCUT2D eigenvalue weighted by Gasteiger charge is 2.12. The van der Waals surface area contributed by atoms with Crippen LogP contribution in [0.1, 0.15) is 23.6 Å². The van der Waals surface area contributed by atoms with Gasteiger partial charge in [-0.1, -0.05) is 40.2 Å². The highest BCUT2D eigenvalue weighted by atomic mass is 79.9. The molecule has 0 bridgehead atoms. The predicted molar refractivity (Wildman–Crippen MR) is 136 cm³/mol. The molecule has 0 aliphatic carbocycles. The van der Waals surface area contributed by atoms with Crippen molar-refractivity contribution in [3.63, 3.8) is 0 Å². The lowest BCUT2D eigenvalue weighted by molar-refractivity contribution is -0.120. The molecule has 6 nitrogen and oxygen atoms in total. The molecule has 1 amide bonds. The Morgan fingerprint density at radius 1 is 1.00 bits per heavy atom. The molecule has 3 aromatic carbocycles. The number of hydrazone groups is 1. The van der Waals surface area contributed by atoms with E-state index in [0.717, 1.165) is 31.4 Å². The minimum Gasteiger partial charge on any atom is -0.497 e. The molecular weight excluding hydrogens is 552 g/mol. The van der Waals surface area contributed by atoms with Crippen LogP contribution in [0.4, 0.5) is 0 Å². The van der Waals surface area contributed by atoms with Gasteiger partial charge in [-0.15, -0.1) is 0 Å². The SMILES string of the molecule is CCOc1cc(/C=N\NC(=O)Cc2ccc(OC)cc2)cc(Br)c1OCc1ccc(Br)cc1. The molecule has 0 atom stereocenters. The number of hydrogen-bond acceptors (Lipinski definition) is 5. The maximum absolute atomic E-state index is 12.2. The Bertz CT molecular complexity index is 1100. The summed E-state index contributed by atoms with van der Waals surface area (Å²) in [4.78, 5) is 12.2. The molecule has 172 valence electrons. The van der Waals surface area contributed by atoms with Gasteiger partial charge < -0.3 is 14.2 Å². The van der Waals surface area contributed by atoms with Crippen molar-refractivity contribution in [2.45, 2.75) is 20.0 Å². The summed E-state index contributed by atoms with van der Waals surface area (Å²) in [6, 6.07) is 18.9. The number of hydrogen-bond donors (Lipinski definition) is 1. The Morgan fingerprint density at radius 3 is 2.36 bits per heavy atom. The summed E-state index contributed by atoms with van der Waals surface area (Å²) in [5.41, 5.74) is 5.22. The van der Waals surface area contributed by atoms with Crippen LogP contribution < -0.4 is 19.6 Å². The van der Waals surface area contributed by atoms with Gasteiger partial charge in [-0.25, -0.2) is 5.43 Å². The number of nitrogens with zero attached hydrogens (tertiary/aromatic N) is 1. The molecule has 0 aliphatic rings. The van der Waals surface area contributed by atoms with E-state index in [0.29, 0.717) is 24.7 Å². The number of methoxy groups -OCH3 is 1. The van der Waals surface area contributed by atoms with Crippen molar-refractivity contribution in [3.05, 3.63) is 86.3 Å². The van der Waals surface area contributed by atoms with E-state index in [2.05, 4.69) is 42.4 Å². The molecule has 0 spiro atoms. The summed E-state index contributed by atoms with van der Waals surface area (Å²) >= 11 is 6.99. The number of halogens is 2. The second-order valence-electron chi connectivity index (χ2n) is 7.00. The summed E-state index contributed by atoms with van der Waals surface area (Å²) in [5.74, 6) is 1.74. The van der Waals surface area contributed by atoms with Gasteiger partial charge in [0.1, 0.15) is 12.4 Å². The van der Waals surface area contributed by atoms with E-state index >= 15 is 0 Å². The van der Waals surface area contributed by atoms with Crippen molar-refractivity contribution in [3.8, 4) is 17.2 Å². The van der Waals surface area contributed by atoms with E-state index in [9.17, 15) is 4.79 Å². The van der Waals surface area contributed by atoms with Crippen LogP contribution in [-0.4, -0.2) is 25.8 Å². The number of nitrogens with one attached hydrogen (secondary N) is 1. The van der Waals surface area contributed by atoms with Gasteiger partial charge >= 0.3 is 0 Å². The molecule has 3 rings (SSSR count). The lowest BCUT2D eigenvalue weighted by atomic mass is 10.1. The number of amides is 1. The monoisotopic (exact) mass is 574 g/mol. The maximum atomic E-state index is 12.2. The molecule has 1 N–H and O–H groups in total. The van der Waals surface area contributed by atoms with Crippen molar-refractivity contribution < 1.29 is 19.0 Å². The first-order chi connectivity index (χ1) is 16.0. The largest absolute Gasteiger partial charge is 0.497 e. The minimum absolute atomic E-state index is 0.213. The van der Waals surface area contributed by atoms with Crippen LogP contribution in [-0.2, 0) is 17.8 Å². The van der Waals surface area contributed by atoms with Gasteiger partial charge in [0.2, 0.25) is 5.91 Å². The van der Waals surface area contributed by atoms with Crippen LogP contribution in [0.15, 0.2) is 74.7 Å². The molecule has 0 radical (unpaired) electrons. The van der Waals surface area contributed by atoms with Crippen LogP contribution in [0.3, 0.4) is 0 Å². The van der Waals surface area contributed by atoms with Gasteiger partial charge in [-0.3, -0.25) is 4.79 Å². The topological polar surface area (TPSA) is 69.2 Å². The van der Waals surface area contributed by atoms with Gasteiger partial charge in [-0.2, -0.15) is 5.10 Å². The number of ether oxygens (including phenoxy) is 3. The van der Waals surface area contributed by atoms with E-state index in [4.69, 9.17) is 14.2 Å². The Morgan fingerprint density at radius 2 is 1.70 bits per heavy atom. The fourth-order valence-electron chi connectivity index (χ4n) is 2.95. The van der Waals surface area contributed by atoms with Crippen molar-refractivity contribution in [2.75, 3.05) is 13.7 Å². The lowest BCUT2D eigenvalue weighted by Crippen LogP contribution is -2.19. The molecule has 0 aliphatic heterocycles. The van der Waals surface area contributed by atoms with Gasteiger partial charge in [0.25, 0.3) is 0 Å². The molecule has 0 saturated carbocycles. The molecular formula is C25H24Br2N2O4. The molecule has 0 fully saturated rings. The normalized spacial score (nSPS) is 10.8. The fraction of sp³-hybridized carbons (Fsp3) is 0.200. The third-order valence-electron chi connectivity index (χ3n) is 4.55. The van der Waals surface area contributed by atoms with Crippen LogP contribution in [0.2, 0.25) is 0 Å². The van der Waals surface area contributed by atoms with Gasteiger partial charge in [0.05, 0.1) is 30.8 Å². The quantitative estimate of drug-likeness (QED) is 0.242.